The Balaban J connectivity index is 3.17. The van der Waals surface area contributed by atoms with Gasteiger partial charge in [0.1, 0.15) is 11.0 Å². The third kappa shape index (κ3) is 1.24. The molecule has 0 N–H and O–H groups in total. The van der Waals surface area contributed by atoms with Crippen molar-refractivity contribution in [2.75, 3.05) is 0 Å². The zero-order valence-electron chi connectivity index (χ0n) is 6.01. The lowest BCUT2D eigenvalue weighted by molar-refractivity contribution is -0.402. The van der Waals surface area contributed by atoms with Crippen molar-refractivity contribution in [3.63, 3.8) is 0 Å². The van der Waals surface area contributed by atoms with Gasteiger partial charge in [-0.15, -0.1) is 0 Å². The van der Waals surface area contributed by atoms with E-state index in [-0.39, 0.29) is 11.4 Å². The van der Waals surface area contributed by atoms with Crippen LogP contribution in [0, 0.1) is 27.2 Å². The summed E-state index contributed by atoms with van der Waals surface area (Å²) in [7, 11) is 0. The summed E-state index contributed by atoms with van der Waals surface area (Å²) in [4.78, 5) is 18.7. The fourth-order valence-electron chi connectivity index (χ4n) is 0.728. The van der Waals surface area contributed by atoms with Crippen molar-refractivity contribution in [2.24, 2.45) is 0 Å². The molecule has 0 radical (unpaired) electrons. The lowest BCUT2D eigenvalue weighted by atomic mass is 10.4. The van der Waals surface area contributed by atoms with Crippen LogP contribution in [0.2, 0.25) is 0 Å². The molecule has 0 saturated carbocycles. The summed E-state index contributed by atoms with van der Waals surface area (Å²) >= 11 is 0. The Bertz CT molecular complexity index is 342. The second-order valence-corrected chi connectivity index (χ2v) is 2.04. The lowest BCUT2D eigenvalue weighted by Gasteiger charge is -1.81. The Kier molecular flexibility index (Phi) is 1.78. The average molecular weight is 172 g/mol. The molecular formula is C5H4N2O5. The summed E-state index contributed by atoms with van der Waals surface area (Å²) < 4.78 is 4.50. The minimum Gasteiger partial charge on any atom is -0.399 e. The van der Waals surface area contributed by atoms with Gasteiger partial charge in [0.25, 0.3) is 0 Å². The summed E-state index contributed by atoms with van der Waals surface area (Å²) in [6, 6.07) is 0.787. The number of aryl methyl sites for hydroxylation is 1. The molecule has 0 aliphatic carbocycles. The van der Waals surface area contributed by atoms with E-state index in [4.69, 9.17) is 0 Å². The predicted molar refractivity (Wildman–Crippen MR) is 36.8 cm³/mol. The Morgan fingerprint density at radius 2 is 1.92 bits per heavy atom. The molecule has 1 aromatic rings. The highest BCUT2D eigenvalue weighted by atomic mass is 16.7. The van der Waals surface area contributed by atoms with Gasteiger partial charge < -0.3 is 4.42 Å². The minimum atomic E-state index is -0.819. The molecule has 0 aliphatic rings. The molecule has 0 amide bonds. The molecule has 7 heteroatoms. The van der Waals surface area contributed by atoms with Gasteiger partial charge in [-0.3, -0.25) is 20.2 Å². The van der Waals surface area contributed by atoms with Gasteiger partial charge in [0.15, 0.2) is 5.76 Å². The maximum absolute atomic E-state index is 10.2. The molecule has 0 aromatic carbocycles. The monoisotopic (exact) mass is 172 g/mol. The Labute approximate surface area is 65.9 Å². The van der Waals surface area contributed by atoms with E-state index in [1.807, 2.05) is 0 Å². The van der Waals surface area contributed by atoms with Crippen LogP contribution in [-0.2, 0) is 0 Å². The van der Waals surface area contributed by atoms with Crippen LogP contribution in [0.15, 0.2) is 10.5 Å². The largest absolute Gasteiger partial charge is 0.440 e. The molecule has 12 heavy (non-hydrogen) atoms. The third-order valence-electron chi connectivity index (χ3n) is 1.26. The van der Waals surface area contributed by atoms with Crippen LogP contribution in [0.3, 0.4) is 0 Å². The fourth-order valence-corrected chi connectivity index (χ4v) is 0.728. The number of furan rings is 1. The van der Waals surface area contributed by atoms with Crippen LogP contribution >= 0.6 is 0 Å². The zero-order chi connectivity index (χ0) is 9.30. The van der Waals surface area contributed by atoms with E-state index >= 15 is 0 Å². The molecule has 1 heterocycles. The highest BCUT2D eigenvalue weighted by Gasteiger charge is 2.23. The van der Waals surface area contributed by atoms with Crippen molar-refractivity contribution < 1.29 is 14.3 Å². The van der Waals surface area contributed by atoms with E-state index < -0.39 is 15.7 Å². The fraction of sp³-hybridized carbons (Fsp3) is 0.200. The van der Waals surface area contributed by atoms with Gasteiger partial charge in [-0.05, 0) is 0 Å². The summed E-state index contributed by atoms with van der Waals surface area (Å²) in [5.74, 6) is -0.675. The normalized spacial score (nSPS) is 9.75. The number of nitro groups is 2. The van der Waals surface area contributed by atoms with Gasteiger partial charge in [0, 0.05) is 6.92 Å². The number of nitrogens with zero attached hydrogens (tertiary/aromatic N) is 2. The highest BCUT2D eigenvalue weighted by Crippen LogP contribution is 2.26. The predicted octanol–water partition coefficient (Wildman–Crippen LogP) is 1.40. The van der Waals surface area contributed by atoms with Gasteiger partial charge in [0.05, 0.1) is 4.92 Å². The second kappa shape index (κ2) is 2.61. The van der Waals surface area contributed by atoms with Crippen molar-refractivity contribution in [1.82, 2.24) is 0 Å². The molecule has 0 aliphatic heterocycles. The summed E-state index contributed by atoms with van der Waals surface area (Å²) in [5, 5.41) is 20.3. The third-order valence-corrected chi connectivity index (χ3v) is 1.26. The number of hydrogen-bond acceptors (Lipinski definition) is 5. The van der Waals surface area contributed by atoms with Crippen molar-refractivity contribution in [3.8, 4) is 0 Å². The number of hydrogen-bond donors (Lipinski definition) is 0. The minimum absolute atomic E-state index is 0.0632. The maximum Gasteiger partial charge on any atom is 0.440 e. The van der Waals surface area contributed by atoms with E-state index in [0.717, 1.165) is 6.07 Å². The van der Waals surface area contributed by atoms with Gasteiger partial charge in [-0.25, -0.2) is 0 Å². The van der Waals surface area contributed by atoms with Crippen molar-refractivity contribution in [3.05, 3.63) is 32.1 Å². The molecule has 0 atom stereocenters. The first-order valence-electron chi connectivity index (χ1n) is 2.91. The van der Waals surface area contributed by atoms with Crippen LogP contribution in [0.1, 0.15) is 5.76 Å². The van der Waals surface area contributed by atoms with Crippen LogP contribution in [0.5, 0.6) is 0 Å². The van der Waals surface area contributed by atoms with E-state index in [0.29, 0.717) is 0 Å². The van der Waals surface area contributed by atoms with E-state index in [1.165, 1.54) is 6.92 Å². The van der Waals surface area contributed by atoms with Crippen LogP contribution < -0.4 is 0 Å². The Morgan fingerprint density at radius 1 is 1.33 bits per heavy atom. The molecule has 64 valence electrons. The Morgan fingerprint density at radius 3 is 2.17 bits per heavy atom. The highest BCUT2D eigenvalue weighted by molar-refractivity contribution is 5.40. The van der Waals surface area contributed by atoms with E-state index in [2.05, 4.69) is 4.42 Å². The van der Waals surface area contributed by atoms with Gasteiger partial charge in [-0.1, -0.05) is 0 Å². The smallest absolute Gasteiger partial charge is 0.399 e. The van der Waals surface area contributed by atoms with Gasteiger partial charge in [0.2, 0.25) is 0 Å². The maximum atomic E-state index is 10.2. The Hall–Kier alpha value is -1.92. The molecule has 0 bridgehead atoms. The van der Waals surface area contributed by atoms with Crippen molar-refractivity contribution in [2.45, 2.75) is 6.92 Å². The quantitative estimate of drug-likeness (QED) is 0.495. The summed E-state index contributed by atoms with van der Waals surface area (Å²) in [6.07, 6.45) is 0. The first kappa shape index (κ1) is 8.18. The van der Waals surface area contributed by atoms with Crippen molar-refractivity contribution in [1.29, 1.82) is 0 Å². The first-order valence-corrected chi connectivity index (χ1v) is 2.91. The average Bonchev–Trinajstić information content (AvgIpc) is 2.30. The molecule has 0 unspecified atom stereocenters. The lowest BCUT2D eigenvalue weighted by Crippen LogP contribution is -1.86. The van der Waals surface area contributed by atoms with Crippen LogP contribution in [0.4, 0.5) is 11.6 Å². The van der Waals surface area contributed by atoms with Gasteiger partial charge in [-0.2, -0.15) is 0 Å². The molecule has 1 aromatic heterocycles. The summed E-state index contributed by atoms with van der Waals surface area (Å²) in [5.41, 5.74) is -0.373. The topological polar surface area (TPSA) is 99.4 Å². The number of rotatable bonds is 2. The van der Waals surface area contributed by atoms with Crippen LogP contribution in [0.25, 0.3) is 0 Å². The van der Waals surface area contributed by atoms with Crippen LogP contribution in [-0.4, -0.2) is 9.85 Å². The van der Waals surface area contributed by atoms with Gasteiger partial charge >= 0.3 is 11.6 Å². The zero-order valence-corrected chi connectivity index (χ0v) is 6.01. The molecule has 7 nitrogen and oxygen atoms in total. The standard InChI is InChI=1S/C5H4N2O5/c1-3-4(6(8)9)2-5(12-3)7(10)11/h2H,1H3. The molecule has 1 rings (SSSR count). The van der Waals surface area contributed by atoms with E-state index in [9.17, 15) is 20.2 Å². The second-order valence-electron chi connectivity index (χ2n) is 2.04. The first-order chi connectivity index (χ1) is 5.52. The molecule has 0 spiro atoms. The van der Waals surface area contributed by atoms with Crippen molar-refractivity contribution >= 4 is 11.6 Å². The summed E-state index contributed by atoms with van der Waals surface area (Å²) in [6.45, 7) is 1.30. The SMILES string of the molecule is Cc1oc([N+](=O)[O-])cc1[N+](=O)[O-]. The van der Waals surface area contributed by atoms with E-state index in [1.54, 1.807) is 0 Å². The molecular weight excluding hydrogens is 168 g/mol. The molecule has 0 saturated heterocycles. The molecule has 0 fully saturated rings.